The van der Waals surface area contributed by atoms with Crippen LogP contribution in [0.25, 0.3) is 0 Å². The normalized spacial score (nSPS) is 16.5. The van der Waals surface area contributed by atoms with Crippen molar-refractivity contribution in [1.29, 1.82) is 0 Å². The smallest absolute Gasteiger partial charge is 0.387 e. The number of hydrogen-bond acceptors (Lipinski definition) is 4. The third-order valence-corrected chi connectivity index (χ3v) is 4.91. The Kier molecular flexibility index (Phi) is 7.43. The maximum absolute atomic E-state index is 14.0. The van der Waals surface area contributed by atoms with E-state index in [9.17, 15) is 17.6 Å². The summed E-state index contributed by atoms with van der Waals surface area (Å²) in [6.07, 6.45) is 0.742. The summed E-state index contributed by atoms with van der Waals surface area (Å²) in [4.78, 5) is 6.02. The highest BCUT2D eigenvalue weighted by Crippen LogP contribution is 2.29. The predicted octanol–water partition coefficient (Wildman–Crippen LogP) is 3.52. The summed E-state index contributed by atoms with van der Waals surface area (Å²) >= 11 is 0. The highest BCUT2D eigenvalue weighted by atomic mass is 19.3. The van der Waals surface area contributed by atoms with Gasteiger partial charge in [-0.15, -0.1) is 0 Å². The van der Waals surface area contributed by atoms with Crippen LogP contribution in [0, 0.1) is 11.6 Å². The monoisotopic (exact) mass is 440 g/mol. The van der Waals surface area contributed by atoms with Crippen LogP contribution in [0.1, 0.15) is 12.0 Å². The van der Waals surface area contributed by atoms with Crippen molar-refractivity contribution in [3.05, 3.63) is 53.6 Å². The van der Waals surface area contributed by atoms with E-state index in [2.05, 4.69) is 20.4 Å². The summed E-state index contributed by atoms with van der Waals surface area (Å²) in [5.41, 5.74) is 1.05. The van der Waals surface area contributed by atoms with Crippen molar-refractivity contribution in [3.63, 3.8) is 0 Å². The Morgan fingerprint density at radius 3 is 2.68 bits per heavy atom. The van der Waals surface area contributed by atoms with E-state index in [0.29, 0.717) is 36.8 Å². The number of aliphatic imine (C=N–C) groups is 1. The molecular formula is C21H24F4N4O2. The van der Waals surface area contributed by atoms with E-state index in [-0.39, 0.29) is 17.5 Å². The maximum Gasteiger partial charge on any atom is 0.387 e. The number of guanidine groups is 1. The third-order valence-electron chi connectivity index (χ3n) is 4.91. The molecule has 1 fully saturated rings. The van der Waals surface area contributed by atoms with Gasteiger partial charge < -0.3 is 25.0 Å². The fraction of sp³-hybridized carbons (Fsp3) is 0.381. The van der Waals surface area contributed by atoms with Crippen molar-refractivity contribution in [2.75, 3.05) is 32.1 Å². The van der Waals surface area contributed by atoms with Gasteiger partial charge in [0.15, 0.2) is 17.5 Å². The lowest BCUT2D eigenvalue weighted by Crippen LogP contribution is -2.44. The summed E-state index contributed by atoms with van der Waals surface area (Å²) in [5.74, 6) is -0.526. The summed E-state index contributed by atoms with van der Waals surface area (Å²) in [6.45, 7) is -1.50. The van der Waals surface area contributed by atoms with Crippen molar-refractivity contribution in [3.8, 4) is 11.5 Å². The molecule has 1 aliphatic rings. The highest BCUT2D eigenvalue weighted by molar-refractivity contribution is 5.80. The van der Waals surface area contributed by atoms with Crippen LogP contribution in [0.4, 0.5) is 23.2 Å². The SMILES string of the molecule is CN=C(NCc1ccc(OC)c(OC(F)F)c1)NC1CCN(c2ccc(F)cc2F)C1. The van der Waals surface area contributed by atoms with E-state index >= 15 is 0 Å². The van der Waals surface area contributed by atoms with Crippen LogP contribution >= 0.6 is 0 Å². The highest BCUT2D eigenvalue weighted by Gasteiger charge is 2.25. The van der Waals surface area contributed by atoms with Gasteiger partial charge in [-0.25, -0.2) is 8.78 Å². The first-order valence-electron chi connectivity index (χ1n) is 9.68. The Morgan fingerprint density at radius 2 is 2.00 bits per heavy atom. The van der Waals surface area contributed by atoms with Crippen molar-refractivity contribution in [2.24, 2.45) is 4.99 Å². The Bertz CT molecular complexity index is 926. The zero-order valence-corrected chi connectivity index (χ0v) is 17.2. The van der Waals surface area contributed by atoms with Crippen molar-refractivity contribution >= 4 is 11.6 Å². The molecule has 2 N–H and O–H groups in total. The first-order chi connectivity index (χ1) is 14.9. The molecule has 1 atom stereocenters. The van der Waals surface area contributed by atoms with Gasteiger partial charge in [0.2, 0.25) is 0 Å². The van der Waals surface area contributed by atoms with Crippen LogP contribution in [0.3, 0.4) is 0 Å². The first kappa shape index (κ1) is 22.5. The fourth-order valence-electron chi connectivity index (χ4n) is 3.43. The van der Waals surface area contributed by atoms with Gasteiger partial charge in [0, 0.05) is 38.8 Å². The first-order valence-corrected chi connectivity index (χ1v) is 9.68. The van der Waals surface area contributed by atoms with E-state index in [1.54, 1.807) is 19.2 Å². The van der Waals surface area contributed by atoms with Gasteiger partial charge >= 0.3 is 6.61 Å². The van der Waals surface area contributed by atoms with E-state index < -0.39 is 18.2 Å². The number of methoxy groups -OCH3 is 1. The van der Waals surface area contributed by atoms with Crippen molar-refractivity contribution < 1.29 is 27.0 Å². The molecule has 168 valence electrons. The fourth-order valence-corrected chi connectivity index (χ4v) is 3.43. The number of nitrogens with zero attached hydrogens (tertiary/aromatic N) is 2. The van der Waals surface area contributed by atoms with Gasteiger partial charge in [-0.1, -0.05) is 6.07 Å². The number of benzene rings is 2. The number of nitrogens with one attached hydrogen (secondary N) is 2. The Morgan fingerprint density at radius 1 is 1.19 bits per heavy atom. The number of halogens is 4. The second-order valence-corrected chi connectivity index (χ2v) is 6.96. The van der Waals surface area contributed by atoms with Gasteiger partial charge in [-0.05, 0) is 36.2 Å². The number of rotatable bonds is 7. The van der Waals surface area contributed by atoms with Crippen LogP contribution in [0.15, 0.2) is 41.4 Å². The van der Waals surface area contributed by atoms with Gasteiger partial charge in [0.1, 0.15) is 11.6 Å². The van der Waals surface area contributed by atoms with E-state index in [1.807, 2.05) is 4.90 Å². The van der Waals surface area contributed by atoms with Crippen LogP contribution < -0.4 is 25.0 Å². The van der Waals surface area contributed by atoms with E-state index in [4.69, 9.17) is 4.74 Å². The minimum absolute atomic E-state index is 0.00393. The van der Waals surface area contributed by atoms with Gasteiger partial charge in [0.05, 0.1) is 12.8 Å². The van der Waals surface area contributed by atoms with Gasteiger partial charge in [-0.3, -0.25) is 4.99 Å². The lowest BCUT2D eigenvalue weighted by molar-refractivity contribution is -0.0512. The molecular weight excluding hydrogens is 416 g/mol. The summed E-state index contributed by atoms with van der Waals surface area (Å²) in [5, 5.41) is 6.38. The molecule has 2 aromatic rings. The molecule has 0 aromatic heterocycles. The molecule has 1 heterocycles. The van der Waals surface area contributed by atoms with E-state index in [0.717, 1.165) is 12.5 Å². The topological polar surface area (TPSA) is 58.1 Å². The van der Waals surface area contributed by atoms with Gasteiger partial charge in [0.25, 0.3) is 0 Å². The molecule has 2 aromatic carbocycles. The van der Waals surface area contributed by atoms with Crippen LogP contribution in [-0.4, -0.2) is 45.9 Å². The number of hydrogen-bond donors (Lipinski definition) is 2. The van der Waals surface area contributed by atoms with E-state index in [1.165, 1.54) is 25.3 Å². The minimum atomic E-state index is -2.96. The molecule has 0 bridgehead atoms. The second kappa shape index (κ2) is 10.2. The third kappa shape index (κ3) is 5.93. The summed E-state index contributed by atoms with van der Waals surface area (Å²) in [6, 6.07) is 8.30. The minimum Gasteiger partial charge on any atom is -0.493 e. The molecule has 6 nitrogen and oxygen atoms in total. The Hall–Kier alpha value is -3.17. The lowest BCUT2D eigenvalue weighted by Gasteiger charge is -2.21. The average Bonchev–Trinajstić information content (AvgIpc) is 3.19. The summed E-state index contributed by atoms with van der Waals surface area (Å²) in [7, 11) is 2.99. The van der Waals surface area contributed by atoms with Crippen molar-refractivity contribution in [1.82, 2.24) is 10.6 Å². The quantitative estimate of drug-likeness (QED) is 0.392. The number of alkyl halides is 2. The zero-order chi connectivity index (χ0) is 22.4. The van der Waals surface area contributed by atoms with Crippen LogP contribution in [0.2, 0.25) is 0 Å². The molecule has 1 aliphatic heterocycles. The van der Waals surface area contributed by atoms with Crippen molar-refractivity contribution in [2.45, 2.75) is 25.6 Å². The molecule has 0 radical (unpaired) electrons. The Balaban J connectivity index is 1.57. The molecule has 31 heavy (non-hydrogen) atoms. The molecule has 1 unspecified atom stereocenters. The largest absolute Gasteiger partial charge is 0.493 e. The summed E-state index contributed by atoms with van der Waals surface area (Å²) < 4.78 is 61.9. The lowest BCUT2D eigenvalue weighted by atomic mass is 10.2. The standard InChI is InChI=1S/C21H24F4N4O2/c1-26-21(27-11-13-3-6-18(30-2)19(9-13)31-20(24)25)28-15-7-8-29(12-15)17-5-4-14(22)10-16(17)23/h3-6,9-10,15,20H,7-8,11-12H2,1-2H3,(H2,26,27,28). The molecule has 3 rings (SSSR count). The van der Waals surface area contributed by atoms with Crippen LogP contribution in [0.5, 0.6) is 11.5 Å². The number of ether oxygens (including phenoxy) is 2. The van der Waals surface area contributed by atoms with Crippen LogP contribution in [-0.2, 0) is 6.54 Å². The Labute approximate surface area is 177 Å². The average molecular weight is 440 g/mol. The zero-order valence-electron chi connectivity index (χ0n) is 17.2. The molecule has 0 saturated carbocycles. The number of anilines is 1. The second-order valence-electron chi connectivity index (χ2n) is 6.96. The molecule has 0 spiro atoms. The molecule has 10 heteroatoms. The molecule has 1 saturated heterocycles. The molecule has 0 amide bonds. The maximum atomic E-state index is 14.0. The molecule has 0 aliphatic carbocycles. The predicted molar refractivity (Wildman–Crippen MR) is 110 cm³/mol. The van der Waals surface area contributed by atoms with Gasteiger partial charge in [-0.2, -0.15) is 8.78 Å².